The number of sulfonamides is 1. The molecule has 2 aromatic rings. The number of aliphatic hydroxyl groups excluding tert-OH is 1. The number of carbonyl (C=O) groups is 2. The van der Waals surface area contributed by atoms with Gasteiger partial charge >= 0.3 is 0 Å². The van der Waals surface area contributed by atoms with Gasteiger partial charge in [-0.25, -0.2) is 22.6 Å². The summed E-state index contributed by atoms with van der Waals surface area (Å²) in [6, 6.07) is 10.9. The molecule has 0 unspecified atom stereocenters. The Bertz CT molecular complexity index is 1020. The van der Waals surface area contributed by atoms with E-state index in [1.54, 1.807) is 23.8 Å². The summed E-state index contributed by atoms with van der Waals surface area (Å²) in [4.78, 5) is 28.9. The van der Waals surface area contributed by atoms with Crippen molar-refractivity contribution >= 4 is 21.8 Å². The van der Waals surface area contributed by atoms with Crippen LogP contribution in [0.1, 0.15) is 11.1 Å². The van der Waals surface area contributed by atoms with E-state index < -0.39 is 33.4 Å². The van der Waals surface area contributed by atoms with E-state index in [0.29, 0.717) is 11.6 Å². The van der Waals surface area contributed by atoms with Gasteiger partial charge in [-0.3, -0.25) is 14.4 Å². The Morgan fingerprint density at radius 2 is 1.72 bits per heavy atom. The molecular weight excluding hydrogens is 403 g/mol. The van der Waals surface area contributed by atoms with Gasteiger partial charge in [0.05, 0.1) is 24.6 Å². The zero-order valence-corrected chi connectivity index (χ0v) is 16.4. The summed E-state index contributed by atoms with van der Waals surface area (Å²) < 4.78 is 39.0. The summed E-state index contributed by atoms with van der Waals surface area (Å²) in [7, 11) is -3.04. The monoisotopic (exact) mass is 422 g/mol. The van der Waals surface area contributed by atoms with Crippen molar-refractivity contribution in [3.63, 3.8) is 0 Å². The second-order valence-electron chi connectivity index (χ2n) is 5.96. The SMILES string of the molecule is CON(Cc1ccc(F)cc1)C(=O)C=C(O)C(=O)NS(=O)(=O)c1ccc(C)cc1. The Balaban J connectivity index is 2.09. The molecule has 0 saturated carbocycles. The van der Waals surface area contributed by atoms with Gasteiger partial charge in [-0.05, 0) is 36.8 Å². The zero-order valence-electron chi connectivity index (χ0n) is 15.6. The lowest BCUT2D eigenvalue weighted by Crippen LogP contribution is -2.33. The van der Waals surface area contributed by atoms with Crippen LogP contribution >= 0.6 is 0 Å². The van der Waals surface area contributed by atoms with Crippen LogP contribution < -0.4 is 4.72 Å². The number of hydrogen-bond acceptors (Lipinski definition) is 6. The number of halogens is 1. The van der Waals surface area contributed by atoms with Crippen molar-refractivity contribution in [3.8, 4) is 0 Å². The van der Waals surface area contributed by atoms with Crippen LogP contribution in [0.25, 0.3) is 0 Å². The summed E-state index contributed by atoms with van der Waals surface area (Å²) in [6.45, 7) is 1.67. The van der Waals surface area contributed by atoms with E-state index in [4.69, 9.17) is 4.84 Å². The maximum absolute atomic E-state index is 13.0. The normalized spacial score (nSPS) is 11.8. The standard InChI is InChI=1S/C19H19FN2O6S/c1-13-3-9-16(10-4-13)29(26,27)21-19(25)17(23)11-18(24)22(28-2)12-14-5-7-15(20)8-6-14/h3-11,23H,12H2,1-2H3,(H,21,25). The molecule has 2 N–H and O–H groups in total. The second kappa shape index (κ2) is 9.30. The minimum absolute atomic E-state index is 0.0946. The number of hydrogen-bond donors (Lipinski definition) is 2. The fourth-order valence-electron chi connectivity index (χ4n) is 2.19. The van der Waals surface area contributed by atoms with Crippen molar-refractivity contribution in [2.24, 2.45) is 0 Å². The number of nitrogens with zero attached hydrogens (tertiary/aromatic N) is 1. The number of hydroxylamine groups is 2. The molecule has 0 fully saturated rings. The quantitative estimate of drug-likeness (QED) is 0.401. The molecule has 154 valence electrons. The van der Waals surface area contributed by atoms with Crippen LogP contribution in [0.15, 0.2) is 65.3 Å². The molecule has 0 bridgehead atoms. The van der Waals surface area contributed by atoms with E-state index >= 15 is 0 Å². The van der Waals surface area contributed by atoms with Crippen molar-refractivity contribution in [3.05, 3.63) is 77.3 Å². The molecule has 0 radical (unpaired) electrons. The average Bonchev–Trinajstić information content (AvgIpc) is 2.67. The summed E-state index contributed by atoms with van der Waals surface area (Å²) in [5.74, 6) is -3.87. The van der Waals surface area contributed by atoms with E-state index in [9.17, 15) is 27.5 Å². The first kappa shape index (κ1) is 22.1. The van der Waals surface area contributed by atoms with Crippen LogP contribution in [0, 0.1) is 12.7 Å². The largest absolute Gasteiger partial charge is 0.503 e. The van der Waals surface area contributed by atoms with Crippen molar-refractivity contribution in [2.45, 2.75) is 18.4 Å². The predicted molar refractivity (Wildman–Crippen MR) is 101 cm³/mol. The van der Waals surface area contributed by atoms with E-state index in [0.717, 1.165) is 10.6 Å². The number of carbonyl (C=O) groups excluding carboxylic acids is 2. The molecule has 0 aliphatic rings. The summed E-state index contributed by atoms with van der Waals surface area (Å²) in [5.41, 5.74) is 1.35. The molecule has 2 rings (SSSR count). The van der Waals surface area contributed by atoms with E-state index in [-0.39, 0.29) is 11.4 Å². The number of aryl methyl sites for hydroxylation is 1. The van der Waals surface area contributed by atoms with Gasteiger partial charge in [-0.2, -0.15) is 0 Å². The summed E-state index contributed by atoms with van der Waals surface area (Å²) in [6.07, 6.45) is 0.521. The highest BCUT2D eigenvalue weighted by Crippen LogP contribution is 2.11. The molecule has 0 aromatic heterocycles. The second-order valence-corrected chi connectivity index (χ2v) is 7.64. The minimum atomic E-state index is -4.23. The van der Waals surface area contributed by atoms with Gasteiger partial charge in [0.25, 0.3) is 21.8 Å². The molecule has 0 heterocycles. The maximum atomic E-state index is 13.0. The number of rotatable bonds is 7. The third-order valence-corrected chi connectivity index (χ3v) is 5.10. The number of aliphatic hydroxyl groups is 1. The first-order valence-corrected chi connectivity index (χ1v) is 9.75. The van der Waals surface area contributed by atoms with Gasteiger partial charge in [0, 0.05) is 0 Å². The topological polar surface area (TPSA) is 113 Å². The highest BCUT2D eigenvalue weighted by atomic mass is 32.2. The lowest BCUT2D eigenvalue weighted by Gasteiger charge is -2.18. The lowest BCUT2D eigenvalue weighted by molar-refractivity contribution is -0.173. The molecule has 2 amide bonds. The van der Waals surface area contributed by atoms with E-state index in [1.165, 1.54) is 43.5 Å². The Morgan fingerprint density at radius 3 is 2.28 bits per heavy atom. The van der Waals surface area contributed by atoms with Crippen LogP contribution in [0.3, 0.4) is 0 Å². The minimum Gasteiger partial charge on any atom is -0.503 e. The van der Waals surface area contributed by atoms with E-state index in [2.05, 4.69) is 0 Å². The van der Waals surface area contributed by atoms with Gasteiger partial charge in [0.1, 0.15) is 5.82 Å². The molecule has 0 atom stereocenters. The van der Waals surface area contributed by atoms with Crippen LogP contribution in [-0.2, 0) is 31.0 Å². The van der Waals surface area contributed by atoms with Crippen LogP contribution in [0.4, 0.5) is 4.39 Å². The molecule has 0 aliphatic carbocycles. The van der Waals surface area contributed by atoms with E-state index in [1.807, 2.05) is 0 Å². The Morgan fingerprint density at radius 1 is 1.14 bits per heavy atom. The van der Waals surface area contributed by atoms with Gasteiger partial charge in [0.2, 0.25) is 0 Å². The zero-order chi connectivity index (χ0) is 21.6. The molecule has 0 aliphatic heterocycles. The predicted octanol–water partition coefficient (Wildman–Crippen LogP) is 1.97. The molecule has 10 heteroatoms. The summed E-state index contributed by atoms with van der Waals surface area (Å²) >= 11 is 0. The molecule has 8 nitrogen and oxygen atoms in total. The first-order valence-electron chi connectivity index (χ1n) is 8.27. The van der Waals surface area contributed by atoms with Gasteiger partial charge in [-0.15, -0.1) is 0 Å². The number of nitrogens with one attached hydrogen (secondary N) is 1. The van der Waals surface area contributed by atoms with Crippen molar-refractivity contribution < 1.29 is 32.3 Å². The smallest absolute Gasteiger partial charge is 0.300 e. The van der Waals surface area contributed by atoms with Crippen LogP contribution in [0.2, 0.25) is 0 Å². The lowest BCUT2D eigenvalue weighted by atomic mass is 10.2. The van der Waals surface area contributed by atoms with Crippen LogP contribution in [0.5, 0.6) is 0 Å². The molecule has 2 aromatic carbocycles. The highest BCUT2D eigenvalue weighted by molar-refractivity contribution is 7.90. The van der Waals surface area contributed by atoms with Crippen LogP contribution in [-0.4, -0.2) is 37.5 Å². The van der Waals surface area contributed by atoms with Crippen molar-refractivity contribution in [2.75, 3.05) is 7.11 Å². The fourth-order valence-corrected chi connectivity index (χ4v) is 3.15. The maximum Gasteiger partial charge on any atom is 0.300 e. The third-order valence-electron chi connectivity index (χ3n) is 3.76. The first-order chi connectivity index (χ1) is 13.6. The van der Waals surface area contributed by atoms with Gasteiger partial charge < -0.3 is 5.11 Å². The average molecular weight is 422 g/mol. The van der Waals surface area contributed by atoms with Gasteiger partial charge in [0.15, 0.2) is 5.76 Å². The molecule has 0 saturated heterocycles. The van der Waals surface area contributed by atoms with Gasteiger partial charge in [-0.1, -0.05) is 29.8 Å². The number of amides is 2. The Kier molecular flexibility index (Phi) is 7.08. The van der Waals surface area contributed by atoms with Crippen molar-refractivity contribution in [1.29, 1.82) is 0 Å². The Labute approximate surface area is 167 Å². The molecule has 29 heavy (non-hydrogen) atoms. The third kappa shape index (κ3) is 6.13. The Hall–Kier alpha value is -3.24. The molecule has 0 spiro atoms. The highest BCUT2D eigenvalue weighted by Gasteiger charge is 2.22. The summed E-state index contributed by atoms with van der Waals surface area (Å²) in [5, 5.41) is 10.6. The number of benzene rings is 2. The van der Waals surface area contributed by atoms with Crippen molar-refractivity contribution in [1.82, 2.24) is 9.79 Å². The fraction of sp³-hybridized carbons (Fsp3) is 0.158. The molecular formula is C19H19FN2O6S.